The van der Waals surface area contributed by atoms with Gasteiger partial charge in [0.1, 0.15) is 23.5 Å². The fourth-order valence-electron chi connectivity index (χ4n) is 4.07. The third kappa shape index (κ3) is 2.42. The third-order valence-electron chi connectivity index (χ3n) is 5.82. The van der Waals surface area contributed by atoms with Gasteiger partial charge in [-0.15, -0.1) is 0 Å². The normalized spacial score (nSPS) is 14.8. The smallest absolute Gasteiger partial charge is 0.136 e. The maximum absolute atomic E-state index is 9.13. The summed E-state index contributed by atoms with van der Waals surface area (Å²) >= 11 is 0. The lowest BCUT2D eigenvalue weighted by molar-refractivity contribution is 0.517. The standard InChI is InChI=1S/C23H20N4/c1-14-15(2)27(4)23(26(14)3)17-6-8-22-19(10-17)11-18-9-16(5-7-21(18)22)20(12-24)13-25/h5-10H,11H2,1-4H3. The minimum absolute atomic E-state index is 0.163. The lowest BCUT2D eigenvalue weighted by Gasteiger charge is -2.20. The summed E-state index contributed by atoms with van der Waals surface area (Å²) in [6.07, 6.45) is 0.822. The Morgan fingerprint density at radius 2 is 1.41 bits per heavy atom. The molecule has 2 aromatic carbocycles. The van der Waals surface area contributed by atoms with E-state index in [1.807, 2.05) is 30.3 Å². The van der Waals surface area contributed by atoms with E-state index < -0.39 is 0 Å². The molecule has 4 heteroatoms. The molecule has 27 heavy (non-hydrogen) atoms. The summed E-state index contributed by atoms with van der Waals surface area (Å²) in [7, 11) is 4.21. The van der Waals surface area contributed by atoms with E-state index in [0.29, 0.717) is 5.22 Å². The van der Waals surface area contributed by atoms with Crippen LogP contribution in [0.4, 0.5) is 0 Å². The number of rotatable bonds is 0. The van der Waals surface area contributed by atoms with Gasteiger partial charge in [0.25, 0.3) is 0 Å². The molecule has 4 rings (SSSR count). The van der Waals surface area contributed by atoms with Crippen molar-refractivity contribution in [3.05, 3.63) is 79.8 Å². The van der Waals surface area contributed by atoms with Crippen LogP contribution in [0, 0.1) is 33.1 Å². The summed E-state index contributed by atoms with van der Waals surface area (Å²) in [5, 5.41) is 22.6. The topological polar surface area (TPSA) is 54.1 Å². The van der Waals surface area contributed by atoms with Crippen LogP contribution in [0.1, 0.15) is 25.0 Å². The molecule has 1 heterocycles. The van der Waals surface area contributed by atoms with Crippen molar-refractivity contribution in [1.82, 2.24) is 9.80 Å². The average molecular weight is 352 g/mol. The van der Waals surface area contributed by atoms with Crippen LogP contribution in [0.3, 0.4) is 0 Å². The molecule has 0 aromatic heterocycles. The predicted molar refractivity (Wildman–Crippen MR) is 105 cm³/mol. The van der Waals surface area contributed by atoms with Gasteiger partial charge >= 0.3 is 0 Å². The maximum Gasteiger partial charge on any atom is 0.136 e. The zero-order valence-electron chi connectivity index (χ0n) is 16.0. The van der Waals surface area contributed by atoms with E-state index in [4.69, 9.17) is 10.5 Å². The van der Waals surface area contributed by atoms with Gasteiger partial charge in [-0.1, -0.05) is 24.3 Å². The predicted octanol–water partition coefficient (Wildman–Crippen LogP) is 2.27. The number of benzene rings is 2. The van der Waals surface area contributed by atoms with E-state index in [1.54, 1.807) is 0 Å². The Kier molecular flexibility index (Phi) is 3.79. The molecule has 0 saturated carbocycles. The quantitative estimate of drug-likeness (QED) is 0.623. The molecule has 0 spiro atoms. The van der Waals surface area contributed by atoms with Gasteiger partial charge in [0.15, 0.2) is 0 Å². The van der Waals surface area contributed by atoms with Gasteiger partial charge < -0.3 is 9.80 Å². The number of fused-ring (bicyclic) bond motifs is 2. The van der Waals surface area contributed by atoms with Gasteiger partial charge in [-0.3, -0.25) is 0 Å². The van der Waals surface area contributed by atoms with Crippen LogP contribution in [0.5, 0.6) is 0 Å². The summed E-state index contributed by atoms with van der Waals surface area (Å²) in [6, 6.07) is 16.5. The van der Waals surface area contributed by atoms with Gasteiger partial charge in [-0.05, 0) is 54.0 Å². The molecule has 132 valence electrons. The molecule has 0 bridgehead atoms. The van der Waals surface area contributed by atoms with E-state index in [2.05, 4.69) is 55.9 Å². The van der Waals surface area contributed by atoms with Crippen LogP contribution < -0.4 is 10.4 Å². The van der Waals surface area contributed by atoms with Gasteiger partial charge in [0, 0.05) is 35.9 Å². The van der Waals surface area contributed by atoms with Crippen molar-refractivity contribution in [2.75, 3.05) is 14.1 Å². The number of hydrogen-bond donors (Lipinski definition) is 0. The van der Waals surface area contributed by atoms with Crippen LogP contribution in [-0.4, -0.2) is 23.9 Å². The zero-order chi connectivity index (χ0) is 19.3. The Hall–Kier alpha value is -3.50. The molecule has 0 radical (unpaired) electrons. The first-order valence-electron chi connectivity index (χ1n) is 8.92. The lowest BCUT2D eigenvalue weighted by Crippen LogP contribution is -2.25. The molecule has 0 saturated heterocycles. The van der Waals surface area contributed by atoms with Crippen molar-refractivity contribution in [3.8, 4) is 12.1 Å². The summed E-state index contributed by atoms with van der Waals surface area (Å²) in [5.74, 6) is 1.19. The van der Waals surface area contributed by atoms with Crippen LogP contribution in [0.15, 0.2) is 47.8 Å². The fourth-order valence-corrected chi connectivity index (χ4v) is 4.07. The van der Waals surface area contributed by atoms with E-state index in [9.17, 15) is 0 Å². The highest BCUT2D eigenvalue weighted by atomic mass is 15.4. The van der Waals surface area contributed by atoms with Gasteiger partial charge in [0.2, 0.25) is 0 Å². The average Bonchev–Trinajstić information content (AvgIpc) is 3.12. The molecular formula is C23H20N4. The van der Waals surface area contributed by atoms with E-state index in [0.717, 1.165) is 6.42 Å². The first-order valence-corrected chi connectivity index (χ1v) is 8.92. The summed E-state index contributed by atoms with van der Waals surface area (Å²) in [6.45, 7) is 4.28. The summed E-state index contributed by atoms with van der Waals surface area (Å²) < 4.78 is 0. The van der Waals surface area contributed by atoms with E-state index in [-0.39, 0.29) is 5.57 Å². The maximum atomic E-state index is 9.13. The molecule has 4 nitrogen and oxygen atoms in total. The Balaban J connectivity index is 1.93. The number of nitrogens with zero attached hydrogens (tertiary/aromatic N) is 4. The highest BCUT2D eigenvalue weighted by Crippen LogP contribution is 2.29. The zero-order valence-corrected chi connectivity index (χ0v) is 16.0. The van der Waals surface area contributed by atoms with Crippen LogP contribution in [-0.2, 0) is 6.42 Å². The van der Waals surface area contributed by atoms with Crippen molar-refractivity contribution < 1.29 is 0 Å². The summed E-state index contributed by atoms with van der Waals surface area (Å²) in [4.78, 5) is 4.47. The minimum atomic E-state index is 0.163. The molecule has 0 unspecified atom stereocenters. The molecule has 2 aliphatic rings. The molecule has 1 aliphatic heterocycles. The van der Waals surface area contributed by atoms with Crippen molar-refractivity contribution in [1.29, 1.82) is 10.5 Å². The molecular weight excluding hydrogens is 332 g/mol. The molecule has 0 atom stereocenters. The first-order chi connectivity index (χ1) is 13.0. The van der Waals surface area contributed by atoms with E-state index in [1.165, 1.54) is 44.0 Å². The van der Waals surface area contributed by atoms with Gasteiger partial charge in [-0.25, -0.2) is 0 Å². The molecule has 0 amide bonds. The molecule has 1 aliphatic carbocycles. The van der Waals surface area contributed by atoms with Crippen LogP contribution >= 0.6 is 0 Å². The molecule has 0 fully saturated rings. The number of nitriles is 2. The third-order valence-corrected chi connectivity index (χ3v) is 5.82. The van der Waals surface area contributed by atoms with Crippen molar-refractivity contribution in [2.45, 2.75) is 20.3 Å². The largest absolute Gasteiger partial charge is 0.333 e. The van der Waals surface area contributed by atoms with Crippen LogP contribution in [0.2, 0.25) is 0 Å². The van der Waals surface area contributed by atoms with Crippen molar-refractivity contribution >= 4 is 11.4 Å². The minimum Gasteiger partial charge on any atom is -0.333 e. The molecule has 2 aromatic rings. The first kappa shape index (κ1) is 16.9. The van der Waals surface area contributed by atoms with Crippen LogP contribution in [0.25, 0.3) is 11.4 Å². The van der Waals surface area contributed by atoms with Gasteiger partial charge in [0.05, 0.1) is 0 Å². The highest BCUT2D eigenvalue weighted by Gasteiger charge is 2.24. The highest BCUT2D eigenvalue weighted by molar-refractivity contribution is 5.72. The SMILES string of the molecule is CC1=C(C)N(C)C(=c2ccc3c(c2)Cc2cc(=C(C#N)C#N)ccc2=3)N1C. The number of hydrogen-bond acceptors (Lipinski definition) is 4. The van der Waals surface area contributed by atoms with Crippen molar-refractivity contribution in [2.24, 2.45) is 0 Å². The Morgan fingerprint density at radius 3 is 2.00 bits per heavy atom. The van der Waals surface area contributed by atoms with E-state index >= 15 is 0 Å². The second kappa shape index (κ2) is 6.04. The molecule has 0 N–H and O–H groups in total. The van der Waals surface area contributed by atoms with Crippen molar-refractivity contribution in [3.63, 3.8) is 0 Å². The fraction of sp³-hybridized carbons (Fsp3) is 0.217. The summed E-state index contributed by atoms with van der Waals surface area (Å²) in [5.41, 5.74) is 5.14. The Bertz CT molecular complexity index is 1280. The Morgan fingerprint density at radius 1 is 0.852 bits per heavy atom. The number of allylic oxidation sites excluding steroid dienone is 2. The second-order valence-corrected chi connectivity index (χ2v) is 7.13. The lowest BCUT2D eigenvalue weighted by atomic mass is 10.1. The monoisotopic (exact) mass is 352 g/mol. The second-order valence-electron chi connectivity index (χ2n) is 7.13. The van der Waals surface area contributed by atoms with Gasteiger partial charge in [-0.2, -0.15) is 10.5 Å². The Labute approximate surface area is 158 Å².